The lowest BCUT2D eigenvalue weighted by molar-refractivity contribution is -0.142. The van der Waals surface area contributed by atoms with Crippen molar-refractivity contribution in [1.82, 2.24) is 10.3 Å². The van der Waals surface area contributed by atoms with Crippen molar-refractivity contribution in [3.05, 3.63) is 77.6 Å². The van der Waals surface area contributed by atoms with Crippen LogP contribution in [0.4, 0.5) is 5.69 Å². The van der Waals surface area contributed by atoms with E-state index in [2.05, 4.69) is 15.6 Å². The van der Waals surface area contributed by atoms with E-state index >= 15 is 0 Å². The van der Waals surface area contributed by atoms with Gasteiger partial charge in [0.05, 0.1) is 19.1 Å². The minimum absolute atomic E-state index is 0.0885. The van der Waals surface area contributed by atoms with Gasteiger partial charge in [0, 0.05) is 41.7 Å². The molecule has 2 amide bonds. The van der Waals surface area contributed by atoms with Crippen molar-refractivity contribution in [2.45, 2.75) is 43.6 Å². The van der Waals surface area contributed by atoms with Crippen LogP contribution in [0.15, 0.2) is 60.9 Å². The van der Waals surface area contributed by atoms with Crippen molar-refractivity contribution < 1.29 is 33.6 Å². The normalized spacial score (nSPS) is 22.7. The Morgan fingerprint density at radius 1 is 1.05 bits per heavy atom. The molecule has 1 fully saturated rings. The number of fused-ring (bicyclic) bond motifs is 4. The van der Waals surface area contributed by atoms with E-state index in [1.165, 1.54) is 0 Å². The van der Waals surface area contributed by atoms with Crippen molar-refractivity contribution >= 4 is 17.5 Å². The van der Waals surface area contributed by atoms with E-state index < -0.39 is 6.10 Å². The summed E-state index contributed by atoms with van der Waals surface area (Å²) >= 11 is 0. The molecular formula is C28H27N3O7. The van der Waals surface area contributed by atoms with Crippen LogP contribution in [0.5, 0.6) is 17.2 Å². The van der Waals surface area contributed by atoms with E-state index in [-0.39, 0.29) is 49.8 Å². The topological polar surface area (TPSA) is 128 Å². The van der Waals surface area contributed by atoms with Gasteiger partial charge in [-0.3, -0.25) is 14.6 Å². The number of benzene rings is 2. The molecular weight excluding hydrogens is 490 g/mol. The summed E-state index contributed by atoms with van der Waals surface area (Å²) in [5, 5.41) is 15.8. The molecule has 3 aliphatic rings. The Morgan fingerprint density at radius 2 is 1.92 bits per heavy atom. The molecule has 0 radical (unpaired) electrons. The van der Waals surface area contributed by atoms with Crippen LogP contribution in [0.3, 0.4) is 0 Å². The Labute approximate surface area is 218 Å². The van der Waals surface area contributed by atoms with Gasteiger partial charge in [-0.15, -0.1) is 0 Å². The first-order valence-corrected chi connectivity index (χ1v) is 12.5. The third-order valence-corrected chi connectivity index (χ3v) is 7.02. The fourth-order valence-electron chi connectivity index (χ4n) is 5.19. The SMILES string of the molecule is O=C(C[C@H]1C[C@H]2c3cc(NC(=O)c4ccc5c(c4)OCO5)ccc3O[C@H]2[C@H](CO)O1)NCc1cccnc1. The molecule has 3 N–H and O–H groups in total. The van der Waals surface area contributed by atoms with E-state index in [1.807, 2.05) is 24.3 Å². The zero-order valence-corrected chi connectivity index (χ0v) is 20.5. The molecule has 0 spiro atoms. The zero-order chi connectivity index (χ0) is 26.1. The smallest absolute Gasteiger partial charge is 0.255 e. The number of amides is 2. The van der Waals surface area contributed by atoms with Gasteiger partial charge in [0.15, 0.2) is 11.5 Å². The van der Waals surface area contributed by atoms with Gasteiger partial charge in [0.1, 0.15) is 18.0 Å². The molecule has 10 nitrogen and oxygen atoms in total. The van der Waals surface area contributed by atoms with Gasteiger partial charge in [-0.2, -0.15) is 0 Å². The van der Waals surface area contributed by atoms with Gasteiger partial charge in [-0.05, 0) is 54.4 Å². The Morgan fingerprint density at radius 3 is 2.76 bits per heavy atom. The number of pyridine rings is 1. The monoisotopic (exact) mass is 517 g/mol. The van der Waals surface area contributed by atoms with Crippen LogP contribution in [0.25, 0.3) is 0 Å². The lowest BCUT2D eigenvalue weighted by Crippen LogP contribution is -2.47. The van der Waals surface area contributed by atoms with Gasteiger partial charge < -0.3 is 34.7 Å². The molecule has 0 aliphatic carbocycles. The standard InChI is InChI=1S/C28H27N3O7/c32-14-25-27-21(10-19(37-25)11-26(33)30-13-16-2-1-7-29-12-16)20-9-18(4-6-22(20)38-27)31-28(34)17-3-5-23-24(8-17)36-15-35-23/h1-9,12,19,21,25,27,32H,10-11,13-15H2,(H,30,33)(H,31,34)/t19-,21+,25+,27-/m1/s1. The summed E-state index contributed by atoms with van der Waals surface area (Å²) in [7, 11) is 0. The van der Waals surface area contributed by atoms with Crippen molar-refractivity contribution in [2.75, 3.05) is 18.7 Å². The largest absolute Gasteiger partial charge is 0.487 e. The second kappa shape index (κ2) is 10.3. The van der Waals surface area contributed by atoms with E-state index in [0.29, 0.717) is 41.5 Å². The van der Waals surface area contributed by atoms with Crippen molar-refractivity contribution in [3.63, 3.8) is 0 Å². The predicted octanol–water partition coefficient (Wildman–Crippen LogP) is 2.76. The summed E-state index contributed by atoms with van der Waals surface area (Å²) < 4.78 is 22.9. The molecule has 6 rings (SSSR count). The quantitative estimate of drug-likeness (QED) is 0.437. The van der Waals surface area contributed by atoms with Crippen LogP contribution in [-0.4, -0.2) is 53.6 Å². The van der Waals surface area contributed by atoms with E-state index in [4.69, 9.17) is 18.9 Å². The number of aliphatic hydroxyl groups is 1. The van der Waals surface area contributed by atoms with Crippen LogP contribution in [0.2, 0.25) is 0 Å². The summed E-state index contributed by atoms with van der Waals surface area (Å²) in [6.07, 6.45) is 2.78. The second-order valence-corrected chi connectivity index (χ2v) is 9.52. The predicted molar refractivity (Wildman–Crippen MR) is 135 cm³/mol. The molecule has 0 saturated carbocycles. The maximum absolute atomic E-state index is 12.9. The summed E-state index contributed by atoms with van der Waals surface area (Å²) in [6, 6.07) is 14.2. The van der Waals surface area contributed by atoms with Crippen LogP contribution in [-0.2, 0) is 16.1 Å². The number of nitrogens with zero attached hydrogens (tertiary/aromatic N) is 1. The molecule has 1 aromatic heterocycles. The summed E-state index contributed by atoms with van der Waals surface area (Å²) in [5.74, 6) is 1.33. The van der Waals surface area contributed by atoms with Gasteiger partial charge in [-0.25, -0.2) is 0 Å². The first-order valence-electron chi connectivity index (χ1n) is 12.5. The highest BCUT2D eigenvalue weighted by atomic mass is 16.7. The molecule has 196 valence electrons. The minimum Gasteiger partial charge on any atom is -0.487 e. The number of carbonyl (C=O) groups is 2. The summed E-state index contributed by atoms with van der Waals surface area (Å²) in [5.41, 5.74) is 2.90. The molecule has 4 atom stereocenters. The summed E-state index contributed by atoms with van der Waals surface area (Å²) in [4.78, 5) is 29.6. The average Bonchev–Trinajstić information content (AvgIpc) is 3.56. The number of hydrogen-bond acceptors (Lipinski definition) is 8. The highest BCUT2D eigenvalue weighted by Gasteiger charge is 2.46. The third-order valence-electron chi connectivity index (χ3n) is 7.02. The molecule has 10 heteroatoms. The fourth-order valence-corrected chi connectivity index (χ4v) is 5.19. The Bertz CT molecular complexity index is 1350. The van der Waals surface area contributed by atoms with Crippen LogP contribution in [0.1, 0.15) is 40.2 Å². The van der Waals surface area contributed by atoms with Gasteiger partial charge in [0.2, 0.25) is 12.7 Å². The minimum atomic E-state index is -0.566. The fraction of sp³-hybridized carbons (Fsp3) is 0.321. The lowest BCUT2D eigenvalue weighted by Gasteiger charge is -2.37. The molecule has 2 aromatic carbocycles. The first-order chi connectivity index (χ1) is 18.6. The number of carbonyl (C=O) groups excluding carboxylic acids is 2. The van der Waals surface area contributed by atoms with Gasteiger partial charge in [0.25, 0.3) is 5.91 Å². The highest BCUT2D eigenvalue weighted by Crippen LogP contribution is 2.47. The van der Waals surface area contributed by atoms with Gasteiger partial charge >= 0.3 is 0 Å². The third kappa shape index (κ3) is 4.88. The molecule has 1 saturated heterocycles. The number of nitrogens with one attached hydrogen (secondary N) is 2. The number of ether oxygens (including phenoxy) is 4. The number of aromatic nitrogens is 1. The van der Waals surface area contributed by atoms with Crippen molar-refractivity contribution in [2.24, 2.45) is 0 Å². The molecule has 3 aromatic rings. The zero-order valence-electron chi connectivity index (χ0n) is 20.5. The number of aliphatic hydroxyl groups excluding tert-OH is 1. The Hall–Kier alpha value is -4.15. The van der Waals surface area contributed by atoms with Crippen molar-refractivity contribution in [1.29, 1.82) is 0 Å². The maximum atomic E-state index is 12.9. The number of hydrogen-bond donors (Lipinski definition) is 3. The van der Waals surface area contributed by atoms with E-state index in [0.717, 1.165) is 11.1 Å². The first kappa shape index (κ1) is 24.2. The lowest BCUT2D eigenvalue weighted by atomic mass is 9.84. The number of rotatable bonds is 7. The van der Waals surface area contributed by atoms with E-state index in [1.54, 1.807) is 36.7 Å². The van der Waals surface area contributed by atoms with E-state index in [9.17, 15) is 14.7 Å². The summed E-state index contributed by atoms with van der Waals surface area (Å²) in [6.45, 7) is 0.295. The van der Waals surface area contributed by atoms with Crippen molar-refractivity contribution in [3.8, 4) is 17.2 Å². The van der Waals surface area contributed by atoms with Crippen LogP contribution < -0.4 is 24.8 Å². The molecule has 38 heavy (non-hydrogen) atoms. The molecule has 4 heterocycles. The number of anilines is 1. The Kier molecular flexibility index (Phi) is 6.57. The van der Waals surface area contributed by atoms with Crippen LogP contribution in [0, 0.1) is 0 Å². The van der Waals surface area contributed by atoms with Gasteiger partial charge in [-0.1, -0.05) is 6.07 Å². The van der Waals surface area contributed by atoms with Crippen LogP contribution >= 0.6 is 0 Å². The molecule has 0 bridgehead atoms. The average molecular weight is 518 g/mol. The maximum Gasteiger partial charge on any atom is 0.255 e. The molecule has 0 unspecified atom stereocenters. The highest BCUT2D eigenvalue weighted by molar-refractivity contribution is 6.04. The Balaban J connectivity index is 1.13. The molecule has 3 aliphatic heterocycles. The second-order valence-electron chi connectivity index (χ2n) is 9.52.